The molecule has 0 spiro atoms. The number of benzene rings is 1. The minimum absolute atomic E-state index is 0.304. The summed E-state index contributed by atoms with van der Waals surface area (Å²) in [4.78, 5) is 0. The van der Waals surface area contributed by atoms with E-state index < -0.39 is 0 Å². The second-order valence-electron chi connectivity index (χ2n) is 5.87. The SMILES string of the molecule is CC(C)(CCOc1ccc(Br)cc1)CNC1CC1. The van der Waals surface area contributed by atoms with E-state index in [-0.39, 0.29) is 0 Å². The van der Waals surface area contributed by atoms with E-state index in [2.05, 4.69) is 35.1 Å². The van der Waals surface area contributed by atoms with Crippen LogP contribution in [0.1, 0.15) is 33.1 Å². The number of hydrogen-bond donors (Lipinski definition) is 1. The van der Waals surface area contributed by atoms with Crippen LogP contribution in [0.15, 0.2) is 28.7 Å². The smallest absolute Gasteiger partial charge is 0.119 e. The van der Waals surface area contributed by atoms with Crippen molar-refractivity contribution in [3.8, 4) is 5.75 Å². The van der Waals surface area contributed by atoms with Crippen LogP contribution >= 0.6 is 15.9 Å². The van der Waals surface area contributed by atoms with Crippen molar-refractivity contribution in [2.24, 2.45) is 5.41 Å². The van der Waals surface area contributed by atoms with Crippen LogP contribution in [0.2, 0.25) is 0 Å². The molecule has 0 amide bonds. The molecule has 1 aliphatic rings. The van der Waals surface area contributed by atoms with Crippen LogP contribution in [-0.2, 0) is 0 Å². The summed E-state index contributed by atoms with van der Waals surface area (Å²) in [5, 5.41) is 3.59. The Morgan fingerprint density at radius 2 is 1.94 bits per heavy atom. The van der Waals surface area contributed by atoms with Crippen molar-refractivity contribution in [3.05, 3.63) is 28.7 Å². The Kier molecular flexibility index (Phi) is 4.68. The lowest BCUT2D eigenvalue weighted by molar-refractivity contribution is 0.222. The van der Waals surface area contributed by atoms with Crippen molar-refractivity contribution in [1.82, 2.24) is 5.32 Å². The Bertz CT molecular complexity index is 371. The van der Waals surface area contributed by atoms with Gasteiger partial charge in [-0.1, -0.05) is 29.8 Å². The number of nitrogens with one attached hydrogen (secondary N) is 1. The highest BCUT2D eigenvalue weighted by Gasteiger charge is 2.25. The minimum atomic E-state index is 0.304. The third-order valence-electron chi connectivity index (χ3n) is 3.31. The fraction of sp³-hybridized carbons (Fsp3) is 0.600. The number of rotatable bonds is 7. The van der Waals surface area contributed by atoms with Gasteiger partial charge in [-0.15, -0.1) is 0 Å². The van der Waals surface area contributed by atoms with Crippen molar-refractivity contribution < 1.29 is 4.74 Å². The molecule has 1 fully saturated rings. The largest absolute Gasteiger partial charge is 0.494 e. The Labute approximate surface area is 118 Å². The number of hydrogen-bond acceptors (Lipinski definition) is 2. The standard InChI is InChI=1S/C15H22BrNO/c1-15(2,11-17-13-5-6-13)9-10-18-14-7-3-12(16)4-8-14/h3-4,7-8,13,17H,5-6,9-11H2,1-2H3. The average Bonchev–Trinajstić information content (AvgIpc) is 3.13. The van der Waals surface area contributed by atoms with E-state index >= 15 is 0 Å². The van der Waals surface area contributed by atoms with Gasteiger partial charge in [0.2, 0.25) is 0 Å². The predicted octanol–water partition coefficient (Wildman–Crippen LogP) is 4.00. The molecule has 2 rings (SSSR count). The lowest BCUT2D eigenvalue weighted by atomic mass is 9.89. The molecule has 100 valence electrons. The van der Waals surface area contributed by atoms with E-state index in [0.717, 1.165) is 35.8 Å². The fourth-order valence-electron chi connectivity index (χ4n) is 1.77. The summed E-state index contributed by atoms with van der Waals surface area (Å²) in [6.07, 6.45) is 3.78. The fourth-order valence-corrected chi connectivity index (χ4v) is 2.04. The summed E-state index contributed by atoms with van der Waals surface area (Å²) in [6.45, 7) is 6.46. The summed E-state index contributed by atoms with van der Waals surface area (Å²) >= 11 is 3.42. The number of ether oxygens (including phenoxy) is 1. The maximum absolute atomic E-state index is 5.77. The van der Waals surface area contributed by atoms with Crippen LogP contribution in [0, 0.1) is 5.41 Å². The summed E-state index contributed by atoms with van der Waals surface area (Å²) in [6, 6.07) is 8.81. The molecule has 2 nitrogen and oxygen atoms in total. The van der Waals surface area contributed by atoms with Gasteiger partial charge in [0, 0.05) is 17.1 Å². The summed E-state index contributed by atoms with van der Waals surface area (Å²) in [7, 11) is 0. The zero-order valence-corrected chi connectivity index (χ0v) is 12.8. The Hall–Kier alpha value is -0.540. The summed E-state index contributed by atoms with van der Waals surface area (Å²) in [5.74, 6) is 0.948. The molecule has 0 heterocycles. The van der Waals surface area contributed by atoms with Crippen molar-refractivity contribution in [2.45, 2.75) is 39.2 Å². The monoisotopic (exact) mass is 311 g/mol. The van der Waals surface area contributed by atoms with E-state index in [1.807, 2.05) is 24.3 Å². The van der Waals surface area contributed by atoms with Crippen LogP contribution in [-0.4, -0.2) is 19.2 Å². The molecule has 1 aromatic rings. The van der Waals surface area contributed by atoms with Crippen molar-refractivity contribution in [2.75, 3.05) is 13.2 Å². The minimum Gasteiger partial charge on any atom is -0.494 e. The van der Waals surface area contributed by atoms with Crippen LogP contribution in [0.4, 0.5) is 0 Å². The van der Waals surface area contributed by atoms with E-state index in [4.69, 9.17) is 4.74 Å². The lowest BCUT2D eigenvalue weighted by Gasteiger charge is -2.25. The molecular weight excluding hydrogens is 290 g/mol. The van der Waals surface area contributed by atoms with Gasteiger partial charge in [0.25, 0.3) is 0 Å². The first-order valence-corrected chi connectivity index (χ1v) is 7.46. The molecule has 1 aromatic carbocycles. The average molecular weight is 312 g/mol. The van der Waals surface area contributed by atoms with Crippen LogP contribution in [0.3, 0.4) is 0 Å². The lowest BCUT2D eigenvalue weighted by Crippen LogP contribution is -2.32. The second kappa shape index (κ2) is 6.07. The van der Waals surface area contributed by atoms with E-state index in [1.54, 1.807) is 0 Å². The zero-order valence-electron chi connectivity index (χ0n) is 11.2. The normalized spacial score (nSPS) is 15.7. The Balaban J connectivity index is 1.68. The van der Waals surface area contributed by atoms with Crippen LogP contribution < -0.4 is 10.1 Å². The summed E-state index contributed by atoms with van der Waals surface area (Å²) < 4.78 is 6.86. The van der Waals surface area contributed by atoms with Gasteiger partial charge >= 0.3 is 0 Å². The molecule has 0 atom stereocenters. The van der Waals surface area contributed by atoms with E-state index in [1.165, 1.54) is 12.8 Å². The zero-order chi connectivity index (χ0) is 13.0. The van der Waals surface area contributed by atoms with Crippen molar-refractivity contribution in [3.63, 3.8) is 0 Å². The maximum Gasteiger partial charge on any atom is 0.119 e. The highest BCUT2D eigenvalue weighted by atomic mass is 79.9. The quantitative estimate of drug-likeness (QED) is 0.822. The highest BCUT2D eigenvalue weighted by Crippen LogP contribution is 2.24. The van der Waals surface area contributed by atoms with Gasteiger partial charge < -0.3 is 10.1 Å². The van der Waals surface area contributed by atoms with Gasteiger partial charge in [-0.2, -0.15) is 0 Å². The summed E-state index contributed by atoms with van der Waals surface area (Å²) in [5.41, 5.74) is 0.304. The van der Waals surface area contributed by atoms with E-state index in [0.29, 0.717) is 5.41 Å². The first-order chi connectivity index (χ1) is 8.55. The van der Waals surface area contributed by atoms with Gasteiger partial charge in [0.05, 0.1) is 6.61 Å². The molecule has 0 aromatic heterocycles. The molecule has 0 aliphatic heterocycles. The molecule has 1 N–H and O–H groups in total. The maximum atomic E-state index is 5.77. The molecule has 18 heavy (non-hydrogen) atoms. The highest BCUT2D eigenvalue weighted by molar-refractivity contribution is 9.10. The third-order valence-corrected chi connectivity index (χ3v) is 3.84. The predicted molar refractivity (Wildman–Crippen MR) is 79.1 cm³/mol. The molecule has 0 unspecified atom stereocenters. The Morgan fingerprint density at radius 1 is 1.28 bits per heavy atom. The molecule has 0 bridgehead atoms. The van der Waals surface area contributed by atoms with Gasteiger partial charge in [-0.25, -0.2) is 0 Å². The first kappa shape index (κ1) is 13.9. The van der Waals surface area contributed by atoms with E-state index in [9.17, 15) is 0 Å². The molecule has 0 radical (unpaired) electrons. The van der Waals surface area contributed by atoms with Crippen LogP contribution in [0.25, 0.3) is 0 Å². The molecule has 3 heteroatoms. The number of halogens is 1. The van der Waals surface area contributed by atoms with Gasteiger partial charge in [-0.3, -0.25) is 0 Å². The molecular formula is C15H22BrNO. The van der Waals surface area contributed by atoms with Crippen molar-refractivity contribution >= 4 is 15.9 Å². The molecule has 1 aliphatic carbocycles. The Morgan fingerprint density at radius 3 is 2.56 bits per heavy atom. The topological polar surface area (TPSA) is 21.3 Å². The van der Waals surface area contributed by atoms with Crippen molar-refractivity contribution in [1.29, 1.82) is 0 Å². The van der Waals surface area contributed by atoms with Crippen LogP contribution in [0.5, 0.6) is 5.75 Å². The first-order valence-electron chi connectivity index (χ1n) is 6.67. The molecule has 1 saturated carbocycles. The molecule has 0 saturated heterocycles. The third kappa shape index (κ3) is 4.99. The van der Waals surface area contributed by atoms with Gasteiger partial charge in [0.1, 0.15) is 5.75 Å². The second-order valence-corrected chi connectivity index (χ2v) is 6.79. The van der Waals surface area contributed by atoms with Gasteiger partial charge in [-0.05, 0) is 48.9 Å². The van der Waals surface area contributed by atoms with Gasteiger partial charge in [0.15, 0.2) is 0 Å².